The first-order valence-electron chi connectivity index (χ1n) is 9.29. The van der Waals surface area contributed by atoms with Crippen molar-refractivity contribution in [2.75, 3.05) is 5.32 Å². The molecule has 0 aliphatic rings. The topological polar surface area (TPSA) is 85.1 Å². The summed E-state index contributed by atoms with van der Waals surface area (Å²) in [7, 11) is 0. The van der Waals surface area contributed by atoms with Crippen LogP contribution in [0.2, 0.25) is 5.02 Å². The van der Waals surface area contributed by atoms with Crippen molar-refractivity contribution >= 4 is 40.2 Å². The van der Waals surface area contributed by atoms with Crippen LogP contribution in [-0.4, -0.2) is 15.8 Å². The third-order valence-corrected chi connectivity index (χ3v) is 5.89. The number of hydrogen-bond acceptors (Lipinski definition) is 5. The van der Waals surface area contributed by atoms with Crippen molar-refractivity contribution in [1.29, 1.82) is 0 Å². The monoisotopic (exact) mass is 449 g/mol. The number of aryl methyl sites for hydroxylation is 1. The molecule has 0 bridgehead atoms. The van der Waals surface area contributed by atoms with Gasteiger partial charge >= 0.3 is 0 Å². The Balaban J connectivity index is 1.55. The summed E-state index contributed by atoms with van der Waals surface area (Å²) in [6.07, 6.45) is 0. The molecule has 0 atom stereocenters. The molecule has 0 aliphatic heterocycles. The van der Waals surface area contributed by atoms with Gasteiger partial charge in [0.2, 0.25) is 0 Å². The van der Waals surface area contributed by atoms with Crippen molar-refractivity contribution in [1.82, 2.24) is 4.98 Å². The molecule has 6 nitrogen and oxygen atoms in total. The summed E-state index contributed by atoms with van der Waals surface area (Å²) < 4.78 is 0. The summed E-state index contributed by atoms with van der Waals surface area (Å²) in [5, 5.41) is 17.2. The van der Waals surface area contributed by atoms with Gasteiger partial charge in [-0.3, -0.25) is 14.9 Å². The number of rotatable bonds is 5. The van der Waals surface area contributed by atoms with Crippen LogP contribution >= 0.6 is 22.9 Å². The van der Waals surface area contributed by atoms with Gasteiger partial charge in [0.25, 0.3) is 11.6 Å². The Hall–Kier alpha value is -3.55. The number of carbonyl (C=O) groups is 1. The van der Waals surface area contributed by atoms with Gasteiger partial charge < -0.3 is 5.32 Å². The van der Waals surface area contributed by atoms with E-state index in [1.54, 1.807) is 13.0 Å². The third kappa shape index (κ3) is 4.47. The lowest BCUT2D eigenvalue weighted by atomic mass is 10.1. The molecule has 8 heteroatoms. The molecule has 0 radical (unpaired) electrons. The normalized spacial score (nSPS) is 10.6. The number of thiazole rings is 1. The second-order valence-electron chi connectivity index (χ2n) is 6.81. The number of hydrogen-bond donors (Lipinski definition) is 1. The van der Waals surface area contributed by atoms with E-state index in [0.29, 0.717) is 21.8 Å². The standard InChI is InChI=1S/C23H16ClN3O3S/c1-14-11-16(9-10-21(14)27(29)30)22(28)25-17-6-4-5-15(12-17)20-13-31-23(26-20)18-7-2-3-8-19(18)24/h2-13H,1H3,(H,25,28). The van der Waals surface area contributed by atoms with E-state index < -0.39 is 4.92 Å². The highest BCUT2D eigenvalue weighted by atomic mass is 35.5. The summed E-state index contributed by atoms with van der Waals surface area (Å²) in [4.78, 5) is 27.8. The Morgan fingerprint density at radius 3 is 2.65 bits per heavy atom. The first-order chi connectivity index (χ1) is 14.9. The highest BCUT2D eigenvalue weighted by Crippen LogP contribution is 2.33. The van der Waals surface area contributed by atoms with Gasteiger partial charge in [-0.2, -0.15) is 0 Å². The number of amides is 1. The molecular formula is C23H16ClN3O3S. The van der Waals surface area contributed by atoms with Gasteiger partial charge in [-0.15, -0.1) is 11.3 Å². The van der Waals surface area contributed by atoms with Crippen molar-refractivity contribution in [2.24, 2.45) is 0 Å². The fourth-order valence-electron chi connectivity index (χ4n) is 3.13. The molecule has 0 saturated heterocycles. The molecule has 4 aromatic rings. The zero-order valence-electron chi connectivity index (χ0n) is 16.3. The van der Waals surface area contributed by atoms with E-state index in [1.807, 2.05) is 47.8 Å². The zero-order valence-corrected chi connectivity index (χ0v) is 17.9. The third-order valence-electron chi connectivity index (χ3n) is 4.68. The largest absolute Gasteiger partial charge is 0.322 e. The Morgan fingerprint density at radius 2 is 1.90 bits per heavy atom. The van der Waals surface area contributed by atoms with Gasteiger partial charge in [0.05, 0.1) is 15.6 Å². The number of nitrogens with one attached hydrogen (secondary N) is 1. The van der Waals surface area contributed by atoms with Crippen LogP contribution < -0.4 is 5.32 Å². The van der Waals surface area contributed by atoms with Gasteiger partial charge in [-0.05, 0) is 37.3 Å². The molecule has 154 valence electrons. The van der Waals surface area contributed by atoms with Crippen molar-refractivity contribution in [2.45, 2.75) is 6.92 Å². The number of nitrogens with zero attached hydrogens (tertiary/aromatic N) is 2. The molecule has 1 aromatic heterocycles. The Labute approximate surface area is 187 Å². The molecule has 4 rings (SSSR count). The molecule has 0 unspecified atom stereocenters. The molecular weight excluding hydrogens is 434 g/mol. The summed E-state index contributed by atoms with van der Waals surface area (Å²) in [6, 6.07) is 19.2. The van der Waals surface area contributed by atoms with Crippen molar-refractivity contribution in [3.05, 3.63) is 98.4 Å². The summed E-state index contributed by atoms with van der Waals surface area (Å²) in [5.41, 5.74) is 3.87. The van der Waals surface area contributed by atoms with Gasteiger partial charge in [-0.25, -0.2) is 4.98 Å². The molecule has 3 aromatic carbocycles. The first-order valence-corrected chi connectivity index (χ1v) is 10.6. The maximum Gasteiger partial charge on any atom is 0.272 e. The number of nitro benzene ring substituents is 1. The predicted molar refractivity (Wildman–Crippen MR) is 124 cm³/mol. The maximum absolute atomic E-state index is 12.6. The number of nitro groups is 1. The number of aromatic nitrogens is 1. The molecule has 0 saturated carbocycles. The molecule has 0 spiro atoms. The number of carbonyl (C=O) groups excluding carboxylic acids is 1. The quantitative estimate of drug-likeness (QED) is 0.274. The van der Waals surface area contributed by atoms with Crippen LogP contribution in [0.15, 0.2) is 72.1 Å². The molecule has 0 aliphatic carbocycles. The summed E-state index contributed by atoms with van der Waals surface area (Å²) >= 11 is 7.77. The van der Waals surface area contributed by atoms with E-state index in [0.717, 1.165) is 21.8 Å². The van der Waals surface area contributed by atoms with Gasteiger partial charge in [0.1, 0.15) is 5.01 Å². The van der Waals surface area contributed by atoms with Gasteiger partial charge in [-0.1, -0.05) is 41.9 Å². The van der Waals surface area contributed by atoms with Crippen LogP contribution in [0.4, 0.5) is 11.4 Å². The van der Waals surface area contributed by atoms with E-state index in [2.05, 4.69) is 10.3 Å². The maximum atomic E-state index is 12.6. The van der Waals surface area contributed by atoms with Gasteiger partial charge in [0.15, 0.2) is 0 Å². The van der Waals surface area contributed by atoms with E-state index in [9.17, 15) is 14.9 Å². The minimum absolute atomic E-state index is 0.0172. The van der Waals surface area contributed by atoms with Crippen molar-refractivity contribution in [3.63, 3.8) is 0 Å². The Kier molecular flexibility index (Phi) is 5.79. The highest BCUT2D eigenvalue weighted by Gasteiger charge is 2.15. The SMILES string of the molecule is Cc1cc(C(=O)Nc2cccc(-c3csc(-c4ccccc4Cl)n3)c2)ccc1[N+](=O)[O-]. The average molecular weight is 450 g/mol. The van der Waals surface area contributed by atoms with Crippen LogP contribution in [0, 0.1) is 17.0 Å². The minimum Gasteiger partial charge on any atom is -0.322 e. The first kappa shape index (κ1) is 20.7. The number of benzene rings is 3. The second kappa shape index (κ2) is 8.67. The van der Waals surface area contributed by atoms with Crippen molar-refractivity contribution in [3.8, 4) is 21.8 Å². The summed E-state index contributed by atoms with van der Waals surface area (Å²) in [5.74, 6) is -0.342. The summed E-state index contributed by atoms with van der Waals surface area (Å²) in [6.45, 7) is 1.61. The Morgan fingerprint density at radius 1 is 1.10 bits per heavy atom. The van der Waals surface area contributed by atoms with Crippen LogP contribution in [0.25, 0.3) is 21.8 Å². The van der Waals surface area contributed by atoms with E-state index in [4.69, 9.17) is 11.6 Å². The second-order valence-corrected chi connectivity index (χ2v) is 8.08. The molecule has 0 fully saturated rings. The minimum atomic E-state index is -0.467. The fraction of sp³-hybridized carbons (Fsp3) is 0.0435. The number of halogens is 1. The van der Waals surface area contributed by atoms with Gasteiger partial charge in [0, 0.05) is 39.4 Å². The zero-order chi connectivity index (χ0) is 22.0. The fourth-order valence-corrected chi connectivity index (χ4v) is 4.28. The molecule has 1 N–H and O–H groups in total. The number of anilines is 1. The molecule has 1 amide bonds. The molecule has 1 heterocycles. The van der Waals surface area contributed by atoms with Crippen LogP contribution in [0.3, 0.4) is 0 Å². The lowest BCUT2D eigenvalue weighted by Crippen LogP contribution is -2.12. The smallest absolute Gasteiger partial charge is 0.272 e. The van der Waals surface area contributed by atoms with Crippen molar-refractivity contribution < 1.29 is 9.72 Å². The lowest BCUT2D eigenvalue weighted by molar-refractivity contribution is -0.385. The predicted octanol–water partition coefficient (Wildman–Crippen LogP) is 6.60. The lowest BCUT2D eigenvalue weighted by Gasteiger charge is -2.07. The van der Waals surface area contributed by atoms with E-state index in [1.165, 1.54) is 29.5 Å². The van der Waals surface area contributed by atoms with E-state index in [-0.39, 0.29) is 11.6 Å². The van der Waals surface area contributed by atoms with Crippen LogP contribution in [0.1, 0.15) is 15.9 Å². The van der Waals surface area contributed by atoms with E-state index >= 15 is 0 Å². The molecule has 31 heavy (non-hydrogen) atoms. The highest BCUT2D eigenvalue weighted by molar-refractivity contribution is 7.13. The average Bonchev–Trinajstić information content (AvgIpc) is 3.24. The van der Waals surface area contributed by atoms with Crippen LogP contribution in [-0.2, 0) is 0 Å². The Bertz CT molecular complexity index is 1300. The van der Waals surface area contributed by atoms with Crippen LogP contribution in [0.5, 0.6) is 0 Å².